The summed E-state index contributed by atoms with van der Waals surface area (Å²) in [6.45, 7) is 5.65. The number of nitrogens with zero attached hydrogens (tertiary/aromatic N) is 1. The van der Waals surface area contributed by atoms with Crippen LogP contribution in [0, 0.1) is 5.92 Å². The number of oxime groups is 1. The standard InChI is InChI=1S/C26H31F3N2O4/c1-25(2,24(32)30-17-20-12-15-33-16-13-20)35-23-9-5-19(6-10-23)11-14-31-34-18-21-3-7-22(8-4-21)26(27,28)29/h3-10,14,20H,11-13,15-18H2,1-2H3,(H,30,32). The van der Waals surface area contributed by atoms with E-state index >= 15 is 0 Å². The minimum atomic E-state index is -4.36. The van der Waals surface area contributed by atoms with Gasteiger partial charge in [-0.15, -0.1) is 0 Å². The van der Waals surface area contributed by atoms with Gasteiger partial charge in [0.05, 0.1) is 5.56 Å². The molecule has 1 aliphatic heterocycles. The second kappa shape index (κ2) is 12.1. The lowest BCUT2D eigenvalue weighted by molar-refractivity contribution is -0.137. The lowest BCUT2D eigenvalue weighted by atomic mass is 10.00. The van der Waals surface area contributed by atoms with Crippen LogP contribution in [-0.2, 0) is 33.6 Å². The van der Waals surface area contributed by atoms with Gasteiger partial charge in [-0.3, -0.25) is 4.79 Å². The molecule has 0 bridgehead atoms. The van der Waals surface area contributed by atoms with E-state index in [4.69, 9.17) is 14.3 Å². The molecule has 9 heteroatoms. The molecule has 190 valence electrons. The highest BCUT2D eigenvalue weighted by Gasteiger charge is 2.31. The summed E-state index contributed by atoms with van der Waals surface area (Å²) in [5.41, 5.74) is -0.159. The summed E-state index contributed by atoms with van der Waals surface area (Å²) >= 11 is 0. The van der Waals surface area contributed by atoms with E-state index in [1.165, 1.54) is 12.1 Å². The Hall–Kier alpha value is -3.07. The van der Waals surface area contributed by atoms with Crippen LogP contribution in [0.1, 0.15) is 43.4 Å². The molecule has 35 heavy (non-hydrogen) atoms. The van der Waals surface area contributed by atoms with E-state index in [-0.39, 0.29) is 12.5 Å². The second-order valence-corrected chi connectivity index (χ2v) is 8.98. The minimum absolute atomic E-state index is 0.0765. The van der Waals surface area contributed by atoms with Gasteiger partial charge in [-0.05, 0) is 68.0 Å². The zero-order valence-electron chi connectivity index (χ0n) is 19.9. The fourth-order valence-corrected chi connectivity index (χ4v) is 3.53. The topological polar surface area (TPSA) is 69.2 Å². The first-order valence-corrected chi connectivity index (χ1v) is 11.6. The number of halogens is 3. The molecule has 0 saturated carbocycles. The Labute approximate surface area is 203 Å². The molecule has 0 aromatic heterocycles. The molecule has 1 fully saturated rings. The number of amides is 1. The van der Waals surface area contributed by atoms with Crippen LogP contribution in [0.4, 0.5) is 13.2 Å². The molecule has 1 N–H and O–H groups in total. The number of alkyl halides is 3. The number of carbonyl (C=O) groups is 1. The van der Waals surface area contributed by atoms with Gasteiger partial charge in [0, 0.05) is 32.4 Å². The van der Waals surface area contributed by atoms with Crippen LogP contribution in [0.5, 0.6) is 5.75 Å². The lowest BCUT2D eigenvalue weighted by Crippen LogP contribution is -2.48. The second-order valence-electron chi connectivity index (χ2n) is 8.98. The van der Waals surface area contributed by atoms with Crippen LogP contribution in [0.15, 0.2) is 53.7 Å². The van der Waals surface area contributed by atoms with Crippen LogP contribution >= 0.6 is 0 Å². The molecule has 2 aromatic rings. The third kappa shape index (κ3) is 8.58. The molecule has 1 saturated heterocycles. The number of ether oxygens (including phenoxy) is 2. The van der Waals surface area contributed by atoms with E-state index in [1.807, 2.05) is 12.1 Å². The Morgan fingerprint density at radius 3 is 2.31 bits per heavy atom. The van der Waals surface area contributed by atoms with Crippen molar-refractivity contribution in [2.45, 2.75) is 51.5 Å². The van der Waals surface area contributed by atoms with Gasteiger partial charge >= 0.3 is 6.18 Å². The average molecular weight is 493 g/mol. The van der Waals surface area contributed by atoms with Crippen molar-refractivity contribution in [3.05, 3.63) is 65.2 Å². The molecule has 6 nitrogen and oxygen atoms in total. The smallest absolute Gasteiger partial charge is 0.416 e. The van der Waals surface area contributed by atoms with Crippen LogP contribution in [0.3, 0.4) is 0 Å². The molecule has 0 atom stereocenters. The van der Waals surface area contributed by atoms with Crippen molar-refractivity contribution in [3.63, 3.8) is 0 Å². The fraction of sp³-hybridized carbons (Fsp3) is 0.462. The molecule has 1 amide bonds. The van der Waals surface area contributed by atoms with E-state index in [9.17, 15) is 18.0 Å². The maximum atomic E-state index is 12.6. The molecule has 3 rings (SSSR count). The molecule has 0 radical (unpaired) electrons. The van der Waals surface area contributed by atoms with Gasteiger partial charge in [-0.25, -0.2) is 0 Å². The van der Waals surface area contributed by atoms with Gasteiger partial charge < -0.3 is 19.6 Å². The average Bonchev–Trinajstić information content (AvgIpc) is 2.83. The van der Waals surface area contributed by atoms with Crippen molar-refractivity contribution in [2.75, 3.05) is 19.8 Å². The number of nitrogens with one attached hydrogen (secondary N) is 1. The molecule has 0 unspecified atom stereocenters. The Kier molecular flexibility index (Phi) is 9.14. The highest BCUT2D eigenvalue weighted by atomic mass is 19.4. The maximum Gasteiger partial charge on any atom is 0.416 e. The molecular formula is C26H31F3N2O4. The Balaban J connectivity index is 1.40. The fourth-order valence-electron chi connectivity index (χ4n) is 3.53. The maximum absolute atomic E-state index is 12.6. The monoisotopic (exact) mass is 492 g/mol. The van der Waals surface area contributed by atoms with Crippen molar-refractivity contribution in [1.82, 2.24) is 5.32 Å². The molecule has 1 heterocycles. The number of carbonyl (C=O) groups excluding carboxylic acids is 1. The van der Waals surface area contributed by atoms with Crippen LogP contribution in [0.25, 0.3) is 0 Å². The first-order valence-electron chi connectivity index (χ1n) is 11.6. The van der Waals surface area contributed by atoms with E-state index in [0.717, 1.165) is 43.8 Å². The van der Waals surface area contributed by atoms with Crippen molar-refractivity contribution in [3.8, 4) is 5.75 Å². The number of hydrogen-bond donors (Lipinski definition) is 1. The predicted octanol–water partition coefficient (Wildman–Crippen LogP) is 5.15. The highest BCUT2D eigenvalue weighted by molar-refractivity contribution is 5.84. The van der Waals surface area contributed by atoms with E-state index in [2.05, 4.69) is 10.5 Å². The summed E-state index contributed by atoms with van der Waals surface area (Å²) in [7, 11) is 0. The molecule has 2 aromatic carbocycles. The van der Waals surface area contributed by atoms with Crippen molar-refractivity contribution in [2.24, 2.45) is 11.1 Å². The number of hydrogen-bond acceptors (Lipinski definition) is 5. The van der Waals surface area contributed by atoms with Crippen LogP contribution in [-0.4, -0.2) is 37.5 Å². The normalized spacial score (nSPS) is 15.2. The van der Waals surface area contributed by atoms with Crippen molar-refractivity contribution >= 4 is 12.1 Å². The third-order valence-corrected chi connectivity index (χ3v) is 5.72. The van der Waals surface area contributed by atoms with Crippen molar-refractivity contribution in [1.29, 1.82) is 0 Å². The van der Waals surface area contributed by atoms with Gasteiger partial charge in [0.2, 0.25) is 0 Å². The summed E-state index contributed by atoms with van der Waals surface area (Å²) in [4.78, 5) is 17.8. The van der Waals surface area contributed by atoms with Gasteiger partial charge in [0.15, 0.2) is 5.60 Å². The Morgan fingerprint density at radius 2 is 1.69 bits per heavy atom. The van der Waals surface area contributed by atoms with E-state index in [1.54, 1.807) is 32.2 Å². The van der Waals surface area contributed by atoms with Crippen molar-refractivity contribution < 1.29 is 32.3 Å². The Morgan fingerprint density at radius 1 is 1.06 bits per heavy atom. The number of benzene rings is 2. The molecule has 0 aliphatic carbocycles. The zero-order valence-corrected chi connectivity index (χ0v) is 19.9. The van der Waals surface area contributed by atoms with Gasteiger partial charge in [-0.1, -0.05) is 29.4 Å². The first-order chi connectivity index (χ1) is 16.6. The highest BCUT2D eigenvalue weighted by Crippen LogP contribution is 2.29. The molecule has 0 spiro atoms. The quantitative estimate of drug-likeness (QED) is 0.368. The largest absolute Gasteiger partial charge is 0.478 e. The summed E-state index contributed by atoms with van der Waals surface area (Å²) in [6.07, 6.45) is -0.375. The van der Waals surface area contributed by atoms with Crippen LogP contribution < -0.4 is 10.1 Å². The minimum Gasteiger partial charge on any atom is -0.478 e. The SMILES string of the molecule is CC(C)(Oc1ccc(CC=NOCc2ccc(C(F)(F)F)cc2)cc1)C(=O)NCC1CCOCC1. The first kappa shape index (κ1) is 26.5. The van der Waals surface area contributed by atoms with Gasteiger partial charge in [-0.2, -0.15) is 13.2 Å². The summed E-state index contributed by atoms with van der Waals surface area (Å²) in [6, 6.07) is 12.1. The van der Waals surface area contributed by atoms with Crippen LogP contribution in [0.2, 0.25) is 0 Å². The predicted molar refractivity (Wildman–Crippen MR) is 126 cm³/mol. The summed E-state index contributed by atoms with van der Waals surface area (Å²) in [5, 5.41) is 6.84. The van der Waals surface area contributed by atoms with E-state index in [0.29, 0.717) is 30.2 Å². The summed E-state index contributed by atoms with van der Waals surface area (Å²) < 4.78 is 49.0. The van der Waals surface area contributed by atoms with E-state index < -0.39 is 17.3 Å². The third-order valence-electron chi connectivity index (χ3n) is 5.72. The Bertz CT molecular complexity index is 968. The zero-order chi connectivity index (χ0) is 25.3. The summed E-state index contributed by atoms with van der Waals surface area (Å²) in [5.74, 6) is 0.851. The number of rotatable bonds is 10. The van der Waals surface area contributed by atoms with Gasteiger partial charge in [0.25, 0.3) is 5.91 Å². The van der Waals surface area contributed by atoms with Gasteiger partial charge in [0.1, 0.15) is 12.4 Å². The molecular weight excluding hydrogens is 461 g/mol. The molecule has 1 aliphatic rings. The lowest BCUT2D eigenvalue weighted by Gasteiger charge is -2.28.